The minimum absolute atomic E-state index is 0.148. The molecule has 0 radical (unpaired) electrons. The third-order valence-corrected chi connectivity index (χ3v) is 4.08. The number of hydrogen-bond acceptors (Lipinski definition) is 3. The lowest BCUT2D eigenvalue weighted by Crippen LogP contribution is -2.10. The molecule has 0 spiro atoms. The zero-order chi connectivity index (χ0) is 10.3. The number of hydrogen-bond donors (Lipinski definition) is 1. The number of fused-ring (bicyclic) bond motifs is 1. The second-order valence-electron chi connectivity index (χ2n) is 4.31. The van der Waals surface area contributed by atoms with Crippen molar-refractivity contribution in [2.75, 3.05) is 0 Å². The fourth-order valence-electron chi connectivity index (χ4n) is 1.86. The number of nitrogens with two attached hydrogens (primary N) is 1. The van der Waals surface area contributed by atoms with Crippen LogP contribution in [-0.4, -0.2) is 4.98 Å². The van der Waals surface area contributed by atoms with Crippen LogP contribution in [0.1, 0.15) is 30.3 Å². The molecular weight excluding hydrogens is 204 g/mol. The molecule has 1 aromatic carbocycles. The van der Waals surface area contributed by atoms with E-state index in [0.717, 1.165) is 22.9 Å². The Morgan fingerprint density at radius 1 is 1.40 bits per heavy atom. The Hall–Kier alpha value is -0.930. The van der Waals surface area contributed by atoms with E-state index in [1.165, 1.54) is 17.5 Å². The summed E-state index contributed by atoms with van der Waals surface area (Å²) in [4.78, 5) is 4.59. The van der Waals surface area contributed by atoms with Gasteiger partial charge in [0.2, 0.25) is 0 Å². The van der Waals surface area contributed by atoms with Crippen molar-refractivity contribution in [3.63, 3.8) is 0 Å². The van der Waals surface area contributed by atoms with Crippen LogP contribution in [-0.2, 0) is 0 Å². The van der Waals surface area contributed by atoms with Crippen molar-refractivity contribution in [3.8, 4) is 0 Å². The lowest BCUT2D eigenvalue weighted by atomic mass is 10.1. The Balaban J connectivity index is 1.89. The molecule has 78 valence electrons. The van der Waals surface area contributed by atoms with E-state index in [-0.39, 0.29) is 6.04 Å². The summed E-state index contributed by atoms with van der Waals surface area (Å²) in [5.74, 6) is 0.868. The molecule has 1 saturated carbocycles. The maximum Gasteiger partial charge on any atom is 0.111 e. The van der Waals surface area contributed by atoms with Gasteiger partial charge in [-0.1, -0.05) is 25.0 Å². The maximum absolute atomic E-state index is 6.15. The van der Waals surface area contributed by atoms with E-state index in [4.69, 9.17) is 5.73 Å². The van der Waals surface area contributed by atoms with E-state index in [1.54, 1.807) is 11.3 Å². The first-order valence-corrected chi connectivity index (χ1v) is 6.25. The largest absolute Gasteiger partial charge is 0.322 e. The van der Waals surface area contributed by atoms with Crippen molar-refractivity contribution in [1.29, 1.82) is 0 Å². The second-order valence-corrected chi connectivity index (χ2v) is 5.37. The molecule has 1 atom stereocenters. The molecule has 1 aliphatic carbocycles. The SMILES string of the molecule is NC(CC1CC1)c1nc2ccccc2s1. The van der Waals surface area contributed by atoms with Gasteiger partial charge in [-0.3, -0.25) is 0 Å². The first-order chi connectivity index (χ1) is 7.33. The van der Waals surface area contributed by atoms with Crippen LogP contribution in [0.2, 0.25) is 0 Å². The van der Waals surface area contributed by atoms with Gasteiger partial charge in [0.25, 0.3) is 0 Å². The van der Waals surface area contributed by atoms with Crippen LogP contribution in [0.15, 0.2) is 24.3 Å². The Bertz CT molecular complexity index is 440. The minimum Gasteiger partial charge on any atom is -0.322 e. The van der Waals surface area contributed by atoms with Crippen LogP contribution in [0.4, 0.5) is 0 Å². The Kier molecular flexibility index (Phi) is 2.22. The molecule has 0 saturated heterocycles. The molecule has 0 amide bonds. The highest BCUT2D eigenvalue weighted by Crippen LogP contribution is 2.38. The van der Waals surface area contributed by atoms with E-state index in [2.05, 4.69) is 23.2 Å². The normalized spacial score (nSPS) is 18.2. The molecule has 1 aromatic heterocycles. The van der Waals surface area contributed by atoms with Gasteiger partial charge < -0.3 is 5.73 Å². The summed E-state index contributed by atoms with van der Waals surface area (Å²) in [5.41, 5.74) is 7.23. The number of benzene rings is 1. The van der Waals surface area contributed by atoms with E-state index in [0.29, 0.717) is 0 Å². The van der Waals surface area contributed by atoms with Crippen molar-refractivity contribution < 1.29 is 0 Å². The zero-order valence-corrected chi connectivity index (χ0v) is 9.33. The first kappa shape index (κ1) is 9.31. The van der Waals surface area contributed by atoms with Gasteiger partial charge >= 0.3 is 0 Å². The molecule has 1 aliphatic rings. The number of rotatable bonds is 3. The van der Waals surface area contributed by atoms with Gasteiger partial charge in [-0.2, -0.15) is 0 Å². The van der Waals surface area contributed by atoms with Gasteiger partial charge in [-0.15, -0.1) is 11.3 Å². The van der Waals surface area contributed by atoms with Crippen LogP contribution in [0.25, 0.3) is 10.2 Å². The fraction of sp³-hybridized carbons (Fsp3) is 0.417. The average molecular weight is 218 g/mol. The monoisotopic (exact) mass is 218 g/mol. The fourth-order valence-corrected chi connectivity index (χ4v) is 2.84. The highest BCUT2D eigenvalue weighted by Gasteiger charge is 2.25. The lowest BCUT2D eigenvalue weighted by Gasteiger charge is -2.05. The highest BCUT2D eigenvalue weighted by molar-refractivity contribution is 7.18. The number of thiazole rings is 1. The van der Waals surface area contributed by atoms with Crippen molar-refractivity contribution in [1.82, 2.24) is 4.98 Å². The smallest absolute Gasteiger partial charge is 0.111 e. The molecular formula is C12H14N2S. The average Bonchev–Trinajstić information content (AvgIpc) is 2.95. The standard InChI is InChI=1S/C12H14N2S/c13-9(7-8-5-6-8)12-14-10-3-1-2-4-11(10)15-12/h1-4,8-9H,5-7,13H2. The lowest BCUT2D eigenvalue weighted by molar-refractivity contribution is 0.595. The Morgan fingerprint density at radius 2 is 2.20 bits per heavy atom. The molecule has 1 unspecified atom stereocenters. The Labute approximate surface area is 93.1 Å². The van der Waals surface area contributed by atoms with Gasteiger partial charge in [0.1, 0.15) is 5.01 Å². The zero-order valence-electron chi connectivity index (χ0n) is 8.52. The molecule has 3 heteroatoms. The maximum atomic E-state index is 6.15. The van der Waals surface area contributed by atoms with E-state index >= 15 is 0 Å². The molecule has 1 fully saturated rings. The molecule has 3 rings (SSSR count). The van der Waals surface area contributed by atoms with Gasteiger partial charge in [-0.25, -0.2) is 4.98 Å². The van der Waals surface area contributed by atoms with Crippen LogP contribution in [0.3, 0.4) is 0 Å². The minimum atomic E-state index is 0.148. The van der Waals surface area contributed by atoms with Crippen molar-refractivity contribution in [2.45, 2.75) is 25.3 Å². The summed E-state index contributed by atoms with van der Waals surface area (Å²) in [6.07, 6.45) is 3.83. The molecule has 1 heterocycles. The number of nitrogens with zero attached hydrogens (tertiary/aromatic N) is 1. The van der Waals surface area contributed by atoms with Crippen molar-refractivity contribution in [2.24, 2.45) is 11.7 Å². The summed E-state index contributed by atoms with van der Waals surface area (Å²) < 4.78 is 1.25. The van der Waals surface area contributed by atoms with E-state index < -0.39 is 0 Å². The van der Waals surface area contributed by atoms with Crippen molar-refractivity contribution >= 4 is 21.6 Å². The third-order valence-electron chi connectivity index (χ3n) is 2.91. The first-order valence-electron chi connectivity index (χ1n) is 5.44. The number of para-hydroxylation sites is 1. The molecule has 2 N–H and O–H groups in total. The summed E-state index contributed by atoms with van der Waals surface area (Å²) in [5, 5.41) is 1.10. The Morgan fingerprint density at radius 3 is 2.93 bits per heavy atom. The third kappa shape index (κ3) is 1.90. The second kappa shape index (κ2) is 3.58. The molecule has 2 aromatic rings. The van der Waals surface area contributed by atoms with E-state index in [9.17, 15) is 0 Å². The molecule has 0 bridgehead atoms. The van der Waals surface area contributed by atoms with E-state index in [1.807, 2.05) is 6.07 Å². The number of aromatic nitrogens is 1. The summed E-state index contributed by atoms with van der Waals surface area (Å²) in [6, 6.07) is 8.39. The van der Waals surface area contributed by atoms with Crippen LogP contribution < -0.4 is 5.73 Å². The quantitative estimate of drug-likeness (QED) is 0.859. The molecule has 0 aliphatic heterocycles. The van der Waals surface area contributed by atoms with Crippen molar-refractivity contribution in [3.05, 3.63) is 29.3 Å². The van der Waals surface area contributed by atoms with Crippen LogP contribution in [0, 0.1) is 5.92 Å². The van der Waals surface area contributed by atoms with Gasteiger partial charge in [-0.05, 0) is 24.5 Å². The summed E-state index contributed by atoms with van der Waals surface area (Å²) in [7, 11) is 0. The van der Waals surface area contributed by atoms with Gasteiger partial charge in [0.15, 0.2) is 0 Å². The predicted molar refractivity (Wildman–Crippen MR) is 63.9 cm³/mol. The van der Waals surface area contributed by atoms with Gasteiger partial charge in [0.05, 0.1) is 16.3 Å². The molecule has 2 nitrogen and oxygen atoms in total. The predicted octanol–water partition coefficient (Wildman–Crippen LogP) is 3.10. The highest BCUT2D eigenvalue weighted by atomic mass is 32.1. The summed E-state index contributed by atoms with van der Waals surface area (Å²) >= 11 is 1.74. The topological polar surface area (TPSA) is 38.9 Å². The van der Waals surface area contributed by atoms with Crippen LogP contribution in [0.5, 0.6) is 0 Å². The summed E-state index contributed by atoms with van der Waals surface area (Å²) in [6.45, 7) is 0. The molecule has 15 heavy (non-hydrogen) atoms. The van der Waals surface area contributed by atoms with Gasteiger partial charge in [0, 0.05) is 0 Å². The van der Waals surface area contributed by atoms with Crippen LogP contribution >= 0.6 is 11.3 Å².